The molecule has 1 aromatic rings. The molecule has 0 heterocycles. The molecule has 0 saturated heterocycles. The molecular weight excluding hydrogens is 214 g/mol. The molecule has 1 aromatic carbocycles. The van der Waals surface area contributed by atoms with Crippen LogP contribution in [0.25, 0.3) is 0 Å². The molecule has 0 bridgehead atoms. The van der Waals surface area contributed by atoms with Gasteiger partial charge in [0.2, 0.25) is 0 Å². The zero-order chi connectivity index (χ0) is 12.3. The standard InChI is InChI=1S/C14H18NO2/c1-10(15)11-7-8-13(16-2)14(9-11)17-12-5-3-4-6-12/h7-9,12H,3-6H2,1-2H3. The van der Waals surface area contributed by atoms with Crippen LogP contribution in [0.4, 0.5) is 0 Å². The molecule has 3 heteroatoms. The number of hydrogen-bond acceptors (Lipinski definition) is 2. The third kappa shape index (κ3) is 2.78. The Labute approximate surface area is 102 Å². The maximum atomic E-state index is 9.49. The molecule has 1 fully saturated rings. The zero-order valence-electron chi connectivity index (χ0n) is 10.4. The number of hydrogen-bond donors (Lipinski definition) is 0. The summed E-state index contributed by atoms with van der Waals surface area (Å²) < 4.78 is 11.2. The minimum Gasteiger partial charge on any atom is -0.493 e. The van der Waals surface area contributed by atoms with Gasteiger partial charge in [-0.3, -0.25) is 0 Å². The first-order chi connectivity index (χ1) is 8.20. The van der Waals surface area contributed by atoms with Crippen LogP contribution in [0.1, 0.15) is 38.2 Å². The predicted octanol–water partition coefficient (Wildman–Crippen LogP) is 2.63. The van der Waals surface area contributed by atoms with E-state index in [2.05, 4.69) is 0 Å². The van der Waals surface area contributed by atoms with Gasteiger partial charge in [-0.25, -0.2) is 0 Å². The normalized spacial score (nSPS) is 15.9. The summed E-state index contributed by atoms with van der Waals surface area (Å²) in [5.41, 5.74) is 1.07. The molecule has 0 N–H and O–H groups in total. The number of rotatable bonds is 4. The molecule has 0 amide bonds. The van der Waals surface area contributed by atoms with Crippen LogP contribution >= 0.6 is 0 Å². The number of methoxy groups -OCH3 is 1. The van der Waals surface area contributed by atoms with Crippen LogP contribution in [0.2, 0.25) is 0 Å². The Hall–Kier alpha value is -1.51. The van der Waals surface area contributed by atoms with Crippen molar-refractivity contribution >= 4 is 5.71 Å². The molecular formula is C14H18NO2. The van der Waals surface area contributed by atoms with Crippen LogP contribution in [0.15, 0.2) is 18.2 Å². The fourth-order valence-electron chi connectivity index (χ4n) is 2.18. The minimum atomic E-state index is 0.290. The molecule has 0 aromatic heterocycles. The minimum absolute atomic E-state index is 0.290. The van der Waals surface area contributed by atoms with Crippen LogP contribution in [0, 0.1) is 0 Å². The molecule has 1 aliphatic carbocycles. The SMILES string of the molecule is COc1ccc(C(C)=[N])cc1OC1CCCC1. The first-order valence-corrected chi connectivity index (χ1v) is 6.08. The Bertz CT molecular complexity index is 409. The topological polar surface area (TPSA) is 40.8 Å². The van der Waals surface area contributed by atoms with Gasteiger partial charge in [0.25, 0.3) is 0 Å². The van der Waals surface area contributed by atoms with Gasteiger partial charge in [-0.15, -0.1) is 0 Å². The van der Waals surface area contributed by atoms with E-state index in [-0.39, 0.29) is 6.10 Å². The Morgan fingerprint density at radius 1 is 1.24 bits per heavy atom. The third-order valence-corrected chi connectivity index (χ3v) is 3.18. The van der Waals surface area contributed by atoms with E-state index < -0.39 is 0 Å². The largest absolute Gasteiger partial charge is 0.493 e. The quantitative estimate of drug-likeness (QED) is 0.749. The molecule has 2 rings (SSSR count). The van der Waals surface area contributed by atoms with Crippen molar-refractivity contribution in [2.24, 2.45) is 0 Å². The van der Waals surface area contributed by atoms with E-state index in [9.17, 15) is 5.41 Å². The molecule has 1 aliphatic rings. The summed E-state index contributed by atoms with van der Waals surface area (Å²) in [5.74, 6) is 1.45. The fourth-order valence-corrected chi connectivity index (χ4v) is 2.18. The van der Waals surface area contributed by atoms with E-state index in [1.54, 1.807) is 14.0 Å². The van der Waals surface area contributed by atoms with E-state index in [0.717, 1.165) is 29.9 Å². The molecule has 0 atom stereocenters. The van der Waals surface area contributed by atoms with E-state index in [1.165, 1.54) is 12.8 Å². The van der Waals surface area contributed by atoms with Crippen LogP contribution in [0.5, 0.6) is 11.5 Å². The lowest BCUT2D eigenvalue weighted by Crippen LogP contribution is -2.12. The van der Waals surface area contributed by atoms with Gasteiger partial charge in [0, 0.05) is 5.56 Å². The lowest BCUT2D eigenvalue weighted by atomic mass is 10.1. The summed E-state index contributed by atoms with van der Waals surface area (Å²) in [6, 6.07) is 5.50. The summed E-state index contributed by atoms with van der Waals surface area (Å²) in [7, 11) is 1.63. The molecule has 91 valence electrons. The molecule has 0 spiro atoms. The highest BCUT2D eigenvalue weighted by atomic mass is 16.5. The molecule has 1 saturated carbocycles. The first kappa shape index (κ1) is 12.0. The second-order valence-corrected chi connectivity index (χ2v) is 4.48. The van der Waals surface area contributed by atoms with Crippen LogP contribution in [-0.2, 0) is 0 Å². The summed E-state index contributed by atoms with van der Waals surface area (Å²) >= 11 is 0. The van der Waals surface area contributed by atoms with Gasteiger partial charge in [0.1, 0.15) is 0 Å². The Kier molecular flexibility index (Phi) is 3.67. The first-order valence-electron chi connectivity index (χ1n) is 6.08. The van der Waals surface area contributed by atoms with Crippen molar-refractivity contribution in [1.82, 2.24) is 5.41 Å². The van der Waals surface area contributed by atoms with Gasteiger partial charge in [0.15, 0.2) is 11.5 Å². The van der Waals surface area contributed by atoms with Gasteiger partial charge in [0.05, 0.1) is 18.9 Å². The second-order valence-electron chi connectivity index (χ2n) is 4.48. The van der Waals surface area contributed by atoms with Crippen molar-refractivity contribution in [2.75, 3.05) is 7.11 Å². The number of ether oxygens (including phenoxy) is 2. The summed E-state index contributed by atoms with van der Waals surface area (Å²) in [4.78, 5) is 0. The molecule has 0 unspecified atom stereocenters. The Balaban J connectivity index is 2.21. The molecule has 17 heavy (non-hydrogen) atoms. The van der Waals surface area contributed by atoms with Crippen molar-refractivity contribution in [3.8, 4) is 11.5 Å². The van der Waals surface area contributed by atoms with E-state index in [4.69, 9.17) is 9.47 Å². The van der Waals surface area contributed by atoms with E-state index >= 15 is 0 Å². The highest BCUT2D eigenvalue weighted by Gasteiger charge is 2.18. The molecule has 3 nitrogen and oxygen atoms in total. The average molecular weight is 232 g/mol. The highest BCUT2D eigenvalue weighted by Crippen LogP contribution is 2.32. The van der Waals surface area contributed by atoms with Crippen molar-refractivity contribution in [3.63, 3.8) is 0 Å². The van der Waals surface area contributed by atoms with Gasteiger partial charge in [-0.1, -0.05) is 0 Å². The lowest BCUT2D eigenvalue weighted by molar-refractivity contribution is 0.201. The second kappa shape index (κ2) is 5.21. The third-order valence-electron chi connectivity index (χ3n) is 3.18. The Morgan fingerprint density at radius 2 is 1.94 bits per heavy atom. The van der Waals surface area contributed by atoms with Gasteiger partial charge >= 0.3 is 0 Å². The maximum absolute atomic E-state index is 9.49. The summed E-state index contributed by atoms with van der Waals surface area (Å²) in [5, 5.41) is 9.49. The maximum Gasteiger partial charge on any atom is 0.162 e. The fraction of sp³-hybridized carbons (Fsp3) is 0.500. The van der Waals surface area contributed by atoms with Crippen LogP contribution in [-0.4, -0.2) is 18.9 Å². The van der Waals surface area contributed by atoms with Crippen molar-refractivity contribution in [3.05, 3.63) is 23.8 Å². The Morgan fingerprint density at radius 3 is 2.53 bits per heavy atom. The summed E-state index contributed by atoms with van der Waals surface area (Å²) in [6.07, 6.45) is 4.97. The number of nitrogens with zero attached hydrogens (tertiary/aromatic N) is 1. The van der Waals surface area contributed by atoms with Crippen molar-refractivity contribution in [2.45, 2.75) is 38.7 Å². The van der Waals surface area contributed by atoms with Gasteiger partial charge in [-0.2, -0.15) is 5.41 Å². The van der Waals surface area contributed by atoms with Gasteiger partial charge in [-0.05, 0) is 50.8 Å². The predicted molar refractivity (Wildman–Crippen MR) is 67.8 cm³/mol. The zero-order valence-corrected chi connectivity index (χ0v) is 10.4. The summed E-state index contributed by atoms with van der Waals surface area (Å²) in [6.45, 7) is 1.67. The highest BCUT2D eigenvalue weighted by molar-refractivity contribution is 5.97. The van der Waals surface area contributed by atoms with Crippen LogP contribution < -0.4 is 14.9 Å². The van der Waals surface area contributed by atoms with E-state index in [1.807, 2.05) is 18.2 Å². The van der Waals surface area contributed by atoms with E-state index in [0.29, 0.717) is 5.71 Å². The van der Waals surface area contributed by atoms with Crippen molar-refractivity contribution in [1.29, 1.82) is 0 Å². The molecule has 1 radical (unpaired) electrons. The van der Waals surface area contributed by atoms with Crippen LogP contribution in [0.3, 0.4) is 0 Å². The smallest absolute Gasteiger partial charge is 0.162 e. The monoisotopic (exact) mass is 232 g/mol. The lowest BCUT2D eigenvalue weighted by Gasteiger charge is -2.16. The van der Waals surface area contributed by atoms with Crippen molar-refractivity contribution < 1.29 is 9.47 Å². The number of benzene rings is 1. The van der Waals surface area contributed by atoms with Gasteiger partial charge < -0.3 is 9.47 Å². The average Bonchev–Trinajstić information content (AvgIpc) is 2.81. The molecule has 0 aliphatic heterocycles.